The normalized spacial score (nSPS) is 13.5. The number of nitrogens with zero attached hydrogens (tertiary/aromatic N) is 2. The summed E-state index contributed by atoms with van der Waals surface area (Å²) in [6.07, 6.45) is 2.52. The van der Waals surface area contributed by atoms with E-state index in [1.165, 1.54) is 0 Å². The number of carboxylic acid groups (broad SMARTS) is 2. The molecule has 0 aliphatic carbocycles. The first-order valence-corrected chi connectivity index (χ1v) is 12.5. The SMILES string of the molecule is COc1ccc(CN2CCC(C(=O)N(C)CCc3ccc(OC)c(OC)c3)CC2)c(OC)c1.O=C(O)C(=O)O. The van der Waals surface area contributed by atoms with E-state index in [1.807, 2.05) is 42.3 Å². The van der Waals surface area contributed by atoms with Gasteiger partial charge in [0.2, 0.25) is 5.91 Å². The number of amides is 1. The van der Waals surface area contributed by atoms with Crippen LogP contribution < -0.4 is 18.9 Å². The van der Waals surface area contributed by atoms with Gasteiger partial charge in [-0.25, -0.2) is 9.59 Å². The Morgan fingerprint density at radius 3 is 2.00 bits per heavy atom. The average molecular weight is 547 g/mol. The molecule has 1 aliphatic heterocycles. The summed E-state index contributed by atoms with van der Waals surface area (Å²) in [6.45, 7) is 3.28. The molecule has 1 saturated heterocycles. The van der Waals surface area contributed by atoms with E-state index in [2.05, 4.69) is 11.0 Å². The predicted octanol–water partition coefficient (Wildman–Crippen LogP) is 2.79. The van der Waals surface area contributed by atoms with Crippen molar-refractivity contribution in [1.29, 1.82) is 0 Å². The van der Waals surface area contributed by atoms with Gasteiger partial charge in [0, 0.05) is 37.7 Å². The average Bonchev–Trinajstić information content (AvgIpc) is 2.96. The first kappa shape index (κ1) is 31.2. The summed E-state index contributed by atoms with van der Waals surface area (Å²) in [5.41, 5.74) is 2.26. The summed E-state index contributed by atoms with van der Waals surface area (Å²) in [5.74, 6) is -0.287. The summed E-state index contributed by atoms with van der Waals surface area (Å²) in [5, 5.41) is 14.8. The quantitative estimate of drug-likeness (QED) is 0.428. The third-order valence-corrected chi connectivity index (χ3v) is 6.57. The van der Waals surface area contributed by atoms with Crippen LogP contribution in [0.2, 0.25) is 0 Å². The Morgan fingerprint density at radius 2 is 1.46 bits per heavy atom. The van der Waals surface area contributed by atoms with Gasteiger partial charge in [-0.05, 0) is 56.1 Å². The van der Waals surface area contributed by atoms with Gasteiger partial charge in [0.05, 0.1) is 28.4 Å². The van der Waals surface area contributed by atoms with Crippen molar-refractivity contribution in [3.63, 3.8) is 0 Å². The van der Waals surface area contributed by atoms with Crippen LogP contribution in [0.25, 0.3) is 0 Å². The van der Waals surface area contributed by atoms with E-state index in [0.29, 0.717) is 18.0 Å². The smallest absolute Gasteiger partial charge is 0.414 e. The molecule has 1 amide bonds. The summed E-state index contributed by atoms with van der Waals surface area (Å²) in [7, 11) is 8.50. The Kier molecular flexibility index (Phi) is 12.4. The molecule has 2 N–H and O–H groups in total. The minimum absolute atomic E-state index is 0.0782. The molecule has 0 aromatic heterocycles. The second-order valence-electron chi connectivity index (χ2n) is 9.04. The van der Waals surface area contributed by atoms with Gasteiger partial charge in [-0.3, -0.25) is 9.69 Å². The fourth-order valence-electron chi connectivity index (χ4n) is 4.32. The molecular weight excluding hydrogens is 508 g/mol. The van der Waals surface area contributed by atoms with Crippen LogP contribution in [-0.4, -0.2) is 93.0 Å². The largest absolute Gasteiger partial charge is 0.497 e. The van der Waals surface area contributed by atoms with Gasteiger partial charge >= 0.3 is 11.9 Å². The molecule has 0 spiro atoms. The minimum Gasteiger partial charge on any atom is -0.497 e. The summed E-state index contributed by atoms with van der Waals surface area (Å²) < 4.78 is 21.5. The van der Waals surface area contributed by atoms with Crippen LogP contribution in [0.3, 0.4) is 0 Å². The van der Waals surface area contributed by atoms with Gasteiger partial charge in [0.1, 0.15) is 11.5 Å². The standard InChI is InChI=1S/C26H36N2O5.C2H2O4/c1-27(13-10-19-6-9-23(31-3)25(16-19)33-5)26(29)20-11-14-28(15-12-20)18-21-7-8-22(30-2)17-24(21)32-4;3-1(4)2(5)6/h6-9,16-17,20H,10-15,18H2,1-5H3;(H,3,4)(H,5,6). The number of rotatable bonds is 10. The van der Waals surface area contributed by atoms with Crippen LogP contribution >= 0.6 is 0 Å². The highest BCUT2D eigenvalue weighted by molar-refractivity contribution is 6.27. The Morgan fingerprint density at radius 1 is 0.846 bits per heavy atom. The van der Waals surface area contributed by atoms with Gasteiger partial charge in [-0.2, -0.15) is 0 Å². The fraction of sp³-hybridized carbons (Fsp3) is 0.464. The van der Waals surface area contributed by atoms with Crippen molar-refractivity contribution in [2.45, 2.75) is 25.8 Å². The summed E-state index contributed by atoms with van der Waals surface area (Å²) in [6, 6.07) is 11.8. The number of carboxylic acids is 2. The van der Waals surface area contributed by atoms with E-state index < -0.39 is 11.9 Å². The van der Waals surface area contributed by atoms with Crippen molar-refractivity contribution in [1.82, 2.24) is 9.80 Å². The zero-order valence-electron chi connectivity index (χ0n) is 23.1. The number of piperidine rings is 1. The van der Waals surface area contributed by atoms with Crippen molar-refractivity contribution in [3.05, 3.63) is 47.5 Å². The molecule has 0 bridgehead atoms. The number of carbonyl (C=O) groups is 3. The van der Waals surface area contributed by atoms with Gasteiger partial charge in [0.25, 0.3) is 0 Å². The van der Waals surface area contributed by atoms with Gasteiger partial charge in [0.15, 0.2) is 11.5 Å². The number of benzene rings is 2. The molecule has 2 aromatic rings. The molecule has 3 rings (SSSR count). The lowest BCUT2D eigenvalue weighted by molar-refractivity contribution is -0.159. The molecule has 214 valence electrons. The molecular formula is C28H38N2O9. The molecule has 1 fully saturated rings. The van der Waals surface area contributed by atoms with E-state index >= 15 is 0 Å². The van der Waals surface area contributed by atoms with E-state index in [4.69, 9.17) is 38.7 Å². The van der Waals surface area contributed by atoms with Crippen molar-refractivity contribution in [2.24, 2.45) is 5.92 Å². The third kappa shape index (κ3) is 9.36. The van der Waals surface area contributed by atoms with Gasteiger partial charge < -0.3 is 34.1 Å². The second-order valence-corrected chi connectivity index (χ2v) is 9.04. The zero-order valence-corrected chi connectivity index (χ0v) is 23.1. The van der Waals surface area contributed by atoms with Gasteiger partial charge in [-0.1, -0.05) is 12.1 Å². The summed E-state index contributed by atoms with van der Waals surface area (Å²) >= 11 is 0. The van der Waals surface area contributed by atoms with Crippen molar-refractivity contribution in [3.8, 4) is 23.0 Å². The lowest BCUT2D eigenvalue weighted by atomic mass is 9.94. The van der Waals surface area contributed by atoms with Crippen molar-refractivity contribution < 1.29 is 43.5 Å². The number of ether oxygens (including phenoxy) is 4. The molecule has 0 atom stereocenters. The summed E-state index contributed by atoms with van der Waals surface area (Å²) in [4.78, 5) is 35.5. The molecule has 11 heteroatoms. The van der Waals surface area contributed by atoms with Crippen LogP contribution in [0.1, 0.15) is 24.0 Å². The maximum atomic E-state index is 13.0. The number of hydrogen-bond donors (Lipinski definition) is 2. The molecule has 11 nitrogen and oxygen atoms in total. The first-order valence-electron chi connectivity index (χ1n) is 12.5. The molecule has 0 radical (unpaired) electrons. The molecule has 0 saturated carbocycles. The zero-order chi connectivity index (χ0) is 28.9. The van der Waals surface area contributed by atoms with Crippen molar-refractivity contribution in [2.75, 3.05) is 55.1 Å². The molecule has 0 unspecified atom stereocenters. The highest BCUT2D eigenvalue weighted by Crippen LogP contribution is 2.29. The number of methoxy groups -OCH3 is 4. The van der Waals surface area contributed by atoms with E-state index in [1.54, 1.807) is 28.4 Å². The van der Waals surface area contributed by atoms with Gasteiger partial charge in [-0.15, -0.1) is 0 Å². The Hall–Kier alpha value is -3.99. The topological polar surface area (TPSA) is 135 Å². The predicted molar refractivity (Wildman–Crippen MR) is 144 cm³/mol. The number of aliphatic carboxylic acids is 2. The van der Waals surface area contributed by atoms with Crippen LogP contribution in [-0.2, 0) is 27.3 Å². The van der Waals surface area contributed by atoms with E-state index in [-0.39, 0.29) is 11.8 Å². The van der Waals surface area contributed by atoms with Crippen LogP contribution in [0.15, 0.2) is 36.4 Å². The van der Waals surface area contributed by atoms with Crippen LogP contribution in [0, 0.1) is 5.92 Å². The molecule has 1 aliphatic rings. The number of carbonyl (C=O) groups excluding carboxylic acids is 1. The van der Waals surface area contributed by atoms with E-state index in [9.17, 15) is 4.79 Å². The second kappa shape index (κ2) is 15.4. The maximum Gasteiger partial charge on any atom is 0.414 e. The highest BCUT2D eigenvalue weighted by atomic mass is 16.5. The molecule has 39 heavy (non-hydrogen) atoms. The lowest BCUT2D eigenvalue weighted by Gasteiger charge is -2.33. The first-order chi connectivity index (χ1) is 18.6. The van der Waals surface area contributed by atoms with Crippen LogP contribution in [0.5, 0.6) is 23.0 Å². The Labute approximate surface area is 228 Å². The minimum atomic E-state index is -1.82. The lowest BCUT2D eigenvalue weighted by Crippen LogP contribution is -2.41. The number of hydrogen-bond acceptors (Lipinski definition) is 8. The Bertz CT molecular complexity index is 1100. The monoisotopic (exact) mass is 546 g/mol. The fourth-order valence-corrected chi connectivity index (χ4v) is 4.32. The third-order valence-electron chi connectivity index (χ3n) is 6.57. The van der Waals surface area contributed by atoms with E-state index in [0.717, 1.165) is 61.5 Å². The van der Waals surface area contributed by atoms with Crippen LogP contribution in [0.4, 0.5) is 0 Å². The molecule has 1 heterocycles. The maximum absolute atomic E-state index is 13.0. The number of likely N-dealkylation sites (N-methyl/N-ethyl adjacent to an activating group) is 1. The Balaban J connectivity index is 0.000000798. The highest BCUT2D eigenvalue weighted by Gasteiger charge is 2.27. The number of likely N-dealkylation sites (tertiary alicyclic amines) is 1. The molecule has 2 aromatic carbocycles. The van der Waals surface area contributed by atoms with Crippen molar-refractivity contribution >= 4 is 17.8 Å².